The van der Waals surface area contributed by atoms with Crippen molar-refractivity contribution in [3.63, 3.8) is 0 Å². The fraction of sp³-hybridized carbons (Fsp3) is 0.320. The van der Waals surface area contributed by atoms with E-state index in [4.69, 9.17) is 15.5 Å². The fourth-order valence-corrected chi connectivity index (χ4v) is 5.03. The van der Waals surface area contributed by atoms with E-state index in [1.165, 1.54) is 11.8 Å². The normalized spacial score (nSPS) is 15.5. The zero-order valence-electron chi connectivity index (χ0n) is 19.5. The lowest BCUT2D eigenvalue weighted by Gasteiger charge is -2.16. The third kappa shape index (κ3) is 5.28. The summed E-state index contributed by atoms with van der Waals surface area (Å²) in [6.45, 7) is 3.29. The minimum absolute atomic E-state index is 0.0114. The second kappa shape index (κ2) is 10.4. The van der Waals surface area contributed by atoms with Crippen molar-refractivity contribution in [1.29, 1.82) is 0 Å². The zero-order valence-corrected chi connectivity index (χ0v) is 20.3. The second-order valence-corrected chi connectivity index (χ2v) is 9.26. The van der Waals surface area contributed by atoms with Crippen LogP contribution in [0, 0.1) is 0 Å². The molecular weight excluding hydrogens is 462 g/mol. The Labute approximate surface area is 207 Å². The molecule has 0 aliphatic carbocycles. The van der Waals surface area contributed by atoms with Gasteiger partial charge in [0.25, 0.3) is 5.56 Å². The van der Waals surface area contributed by atoms with Crippen molar-refractivity contribution in [2.75, 3.05) is 17.7 Å². The summed E-state index contributed by atoms with van der Waals surface area (Å²) in [7, 11) is 0. The van der Waals surface area contributed by atoms with E-state index in [2.05, 4.69) is 33.3 Å². The lowest BCUT2D eigenvalue weighted by atomic mass is 10.1. The Hall–Kier alpha value is -3.50. The molecule has 3 heterocycles. The number of nitrogens with two attached hydrogens (primary N) is 1. The van der Waals surface area contributed by atoms with Gasteiger partial charge in [0.2, 0.25) is 11.9 Å². The SMILES string of the molecule is CCc1ccccc1Nc1nc(N)nc(CSc2nc3ccccc3c(=O)n2CC2CCCO2)n1. The van der Waals surface area contributed by atoms with E-state index in [1.54, 1.807) is 4.57 Å². The van der Waals surface area contributed by atoms with Crippen LogP contribution in [-0.2, 0) is 23.5 Å². The van der Waals surface area contributed by atoms with Crippen LogP contribution in [0.2, 0.25) is 0 Å². The van der Waals surface area contributed by atoms with Crippen molar-refractivity contribution in [3.05, 3.63) is 70.3 Å². The van der Waals surface area contributed by atoms with Gasteiger partial charge in [-0.05, 0) is 43.0 Å². The molecule has 0 bridgehead atoms. The number of aromatic nitrogens is 5. The van der Waals surface area contributed by atoms with Crippen LogP contribution in [0.25, 0.3) is 10.9 Å². The lowest BCUT2D eigenvalue weighted by Crippen LogP contribution is -2.28. The topological polar surface area (TPSA) is 121 Å². The van der Waals surface area contributed by atoms with Crippen LogP contribution in [-0.4, -0.2) is 37.2 Å². The summed E-state index contributed by atoms with van der Waals surface area (Å²) in [5, 5.41) is 4.46. The minimum Gasteiger partial charge on any atom is -0.376 e. The summed E-state index contributed by atoms with van der Waals surface area (Å²) in [5.74, 6) is 1.41. The van der Waals surface area contributed by atoms with E-state index in [-0.39, 0.29) is 17.6 Å². The van der Waals surface area contributed by atoms with Crippen LogP contribution in [0.5, 0.6) is 0 Å². The summed E-state index contributed by atoms with van der Waals surface area (Å²) in [6, 6.07) is 15.4. The molecule has 1 unspecified atom stereocenters. The molecule has 1 fully saturated rings. The smallest absolute Gasteiger partial charge is 0.262 e. The number of ether oxygens (including phenoxy) is 1. The summed E-state index contributed by atoms with van der Waals surface area (Å²) in [6.07, 6.45) is 2.82. The number of thioether (sulfide) groups is 1. The van der Waals surface area contributed by atoms with Crippen molar-refractivity contribution in [1.82, 2.24) is 24.5 Å². The molecule has 180 valence electrons. The molecule has 0 amide bonds. The Morgan fingerprint density at radius 3 is 2.77 bits per heavy atom. The summed E-state index contributed by atoms with van der Waals surface area (Å²) in [4.78, 5) is 31.2. The monoisotopic (exact) mass is 489 g/mol. The lowest BCUT2D eigenvalue weighted by molar-refractivity contribution is 0.0937. The van der Waals surface area contributed by atoms with E-state index >= 15 is 0 Å². The van der Waals surface area contributed by atoms with Gasteiger partial charge in [0.1, 0.15) is 5.82 Å². The molecule has 2 aromatic heterocycles. The highest BCUT2D eigenvalue weighted by Crippen LogP contribution is 2.24. The Kier molecular flexibility index (Phi) is 6.91. The van der Waals surface area contributed by atoms with E-state index in [0.717, 1.165) is 37.1 Å². The predicted molar refractivity (Wildman–Crippen MR) is 138 cm³/mol. The number of rotatable bonds is 8. The van der Waals surface area contributed by atoms with Crippen LogP contribution in [0.4, 0.5) is 17.6 Å². The first-order valence-electron chi connectivity index (χ1n) is 11.7. The third-order valence-corrected chi connectivity index (χ3v) is 6.88. The second-order valence-electron chi connectivity index (χ2n) is 8.32. The quantitative estimate of drug-likeness (QED) is 0.280. The van der Waals surface area contributed by atoms with Crippen LogP contribution in [0.1, 0.15) is 31.2 Å². The van der Waals surface area contributed by atoms with Crippen LogP contribution in [0.3, 0.4) is 0 Å². The largest absolute Gasteiger partial charge is 0.376 e. The summed E-state index contributed by atoms with van der Waals surface area (Å²) in [5.41, 5.74) is 8.67. The molecule has 4 aromatic rings. The van der Waals surface area contributed by atoms with E-state index in [0.29, 0.717) is 40.1 Å². The molecule has 1 aliphatic heterocycles. The van der Waals surface area contributed by atoms with Crippen molar-refractivity contribution >= 4 is 40.2 Å². The molecule has 0 spiro atoms. The predicted octanol–water partition coefficient (Wildman–Crippen LogP) is 3.94. The first-order valence-corrected chi connectivity index (χ1v) is 12.7. The van der Waals surface area contributed by atoms with E-state index in [9.17, 15) is 4.79 Å². The summed E-state index contributed by atoms with van der Waals surface area (Å²) < 4.78 is 7.51. The first kappa shape index (κ1) is 23.3. The Balaban J connectivity index is 1.42. The van der Waals surface area contributed by atoms with Crippen molar-refractivity contribution < 1.29 is 4.74 Å². The Morgan fingerprint density at radius 2 is 1.94 bits per heavy atom. The number of hydrogen-bond acceptors (Lipinski definition) is 9. The Morgan fingerprint density at radius 1 is 1.11 bits per heavy atom. The van der Waals surface area contributed by atoms with Crippen LogP contribution in [0.15, 0.2) is 58.5 Å². The average molecular weight is 490 g/mol. The van der Waals surface area contributed by atoms with Crippen LogP contribution >= 0.6 is 11.8 Å². The number of para-hydroxylation sites is 2. The van der Waals surface area contributed by atoms with Crippen molar-refractivity contribution in [3.8, 4) is 0 Å². The van der Waals surface area contributed by atoms with E-state index in [1.807, 2.05) is 42.5 Å². The number of benzene rings is 2. The number of nitrogen functional groups attached to an aromatic ring is 1. The highest BCUT2D eigenvalue weighted by molar-refractivity contribution is 7.98. The highest BCUT2D eigenvalue weighted by Gasteiger charge is 2.20. The highest BCUT2D eigenvalue weighted by atomic mass is 32.2. The molecular formula is C25H27N7O2S. The van der Waals surface area contributed by atoms with Gasteiger partial charge in [-0.25, -0.2) is 4.98 Å². The maximum atomic E-state index is 13.3. The molecule has 1 saturated heterocycles. The van der Waals surface area contributed by atoms with Gasteiger partial charge in [0, 0.05) is 12.3 Å². The molecule has 3 N–H and O–H groups in total. The van der Waals surface area contributed by atoms with Gasteiger partial charge in [0.05, 0.1) is 29.3 Å². The summed E-state index contributed by atoms with van der Waals surface area (Å²) >= 11 is 1.40. The molecule has 2 aromatic carbocycles. The molecule has 5 rings (SSSR count). The molecule has 0 radical (unpaired) electrons. The number of hydrogen-bond donors (Lipinski definition) is 2. The van der Waals surface area contributed by atoms with Gasteiger partial charge >= 0.3 is 0 Å². The molecule has 1 aliphatic rings. The molecule has 35 heavy (non-hydrogen) atoms. The van der Waals surface area contributed by atoms with Crippen molar-refractivity contribution in [2.24, 2.45) is 0 Å². The number of nitrogens with one attached hydrogen (secondary N) is 1. The van der Waals surface area contributed by atoms with Gasteiger partial charge < -0.3 is 15.8 Å². The van der Waals surface area contributed by atoms with Crippen LogP contribution < -0.4 is 16.6 Å². The maximum absolute atomic E-state index is 13.3. The first-order chi connectivity index (χ1) is 17.1. The molecule has 10 heteroatoms. The third-order valence-electron chi connectivity index (χ3n) is 5.91. The fourth-order valence-electron chi connectivity index (χ4n) is 4.17. The molecule has 0 saturated carbocycles. The van der Waals surface area contributed by atoms with Crippen molar-refractivity contribution in [2.45, 2.75) is 49.7 Å². The number of nitrogens with zero attached hydrogens (tertiary/aromatic N) is 5. The van der Waals surface area contributed by atoms with E-state index < -0.39 is 0 Å². The molecule has 1 atom stereocenters. The van der Waals surface area contributed by atoms with Gasteiger partial charge in [-0.2, -0.15) is 15.0 Å². The van der Waals surface area contributed by atoms with Gasteiger partial charge in [-0.3, -0.25) is 9.36 Å². The standard InChI is InChI=1S/C25H27N7O2S/c1-2-16-8-3-5-11-19(16)27-24-30-21(29-23(26)31-24)15-35-25-28-20-12-6-4-10-18(20)22(33)32(25)14-17-9-7-13-34-17/h3-6,8,10-12,17H,2,7,9,13-15H2,1H3,(H3,26,27,29,30,31). The zero-order chi connectivity index (χ0) is 24.2. The Bertz CT molecular complexity index is 1400. The number of aryl methyl sites for hydroxylation is 1. The molecule has 9 nitrogen and oxygen atoms in total. The minimum atomic E-state index is -0.0673. The maximum Gasteiger partial charge on any atom is 0.262 e. The van der Waals surface area contributed by atoms with Gasteiger partial charge in [0.15, 0.2) is 5.16 Å². The average Bonchev–Trinajstić information content (AvgIpc) is 3.38. The number of anilines is 3. The number of fused-ring (bicyclic) bond motifs is 1. The van der Waals surface area contributed by atoms with Gasteiger partial charge in [-0.1, -0.05) is 49.0 Å². The van der Waals surface area contributed by atoms with Gasteiger partial charge in [-0.15, -0.1) is 0 Å².